The van der Waals surface area contributed by atoms with Crippen molar-refractivity contribution in [2.75, 3.05) is 13.1 Å². The van der Waals surface area contributed by atoms with Gasteiger partial charge < -0.3 is 15.8 Å². The molecular weight excluding hydrogens is 310 g/mol. The van der Waals surface area contributed by atoms with E-state index in [-0.39, 0.29) is 30.1 Å². The van der Waals surface area contributed by atoms with Crippen molar-refractivity contribution >= 4 is 24.0 Å². The highest BCUT2D eigenvalue weighted by atomic mass is 35.5. The van der Waals surface area contributed by atoms with Crippen LogP contribution in [-0.2, 0) is 16.0 Å². The van der Waals surface area contributed by atoms with E-state index < -0.39 is 11.0 Å². The lowest BCUT2D eigenvalue weighted by molar-refractivity contribution is -0.385. The summed E-state index contributed by atoms with van der Waals surface area (Å²) in [6.45, 7) is 0.761. The molecular formula is C14H20ClN3O4. The second-order valence-electron chi connectivity index (χ2n) is 4.99. The van der Waals surface area contributed by atoms with E-state index in [9.17, 15) is 14.9 Å². The Morgan fingerprint density at radius 1 is 1.41 bits per heavy atom. The Hall–Kier alpha value is -1.70. The monoisotopic (exact) mass is 329 g/mol. The number of nitrogens with zero attached hydrogens (tertiary/aromatic N) is 1. The van der Waals surface area contributed by atoms with Crippen molar-refractivity contribution in [2.24, 2.45) is 5.73 Å². The zero-order valence-electron chi connectivity index (χ0n) is 12.1. The molecule has 0 bridgehead atoms. The van der Waals surface area contributed by atoms with E-state index in [1.54, 1.807) is 18.2 Å². The van der Waals surface area contributed by atoms with Gasteiger partial charge in [-0.1, -0.05) is 18.2 Å². The number of rotatable bonds is 6. The molecule has 1 fully saturated rings. The number of carbonyl (C=O) groups is 1. The van der Waals surface area contributed by atoms with E-state index in [4.69, 9.17) is 10.5 Å². The van der Waals surface area contributed by atoms with Gasteiger partial charge in [0.25, 0.3) is 5.69 Å². The molecule has 1 aliphatic rings. The van der Waals surface area contributed by atoms with Gasteiger partial charge in [0.2, 0.25) is 5.91 Å². The molecule has 8 heteroatoms. The van der Waals surface area contributed by atoms with Gasteiger partial charge in [-0.15, -0.1) is 12.4 Å². The standard InChI is InChI=1S/C14H19N3O4.ClH/c15-9-11-5-6-13(21-11)14(18)16-8-7-10-3-1-2-4-12(10)17(19)20;/h1-4,11,13H,5-9,15H2,(H,16,18);1H/t11-,13+;/m1./s1. The number of nitro groups is 1. The smallest absolute Gasteiger partial charge is 0.272 e. The van der Waals surface area contributed by atoms with Gasteiger partial charge in [-0.3, -0.25) is 14.9 Å². The Bertz CT molecular complexity index is 527. The van der Waals surface area contributed by atoms with Crippen LogP contribution in [0.3, 0.4) is 0 Å². The number of hydrogen-bond acceptors (Lipinski definition) is 5. The van der Waals surface area contributed by atoms with Crippen LogP contribution >= 0.6 is 12.4 Å². The first-order valence-electron chi connectivity index (χ1n) is 6.97. The summed E-state index contributed by atoms with van der Waals surface area (Å²) < 4.78 is 5.49. The van der Waals surface area contributed by atoms with Crippen LogP contribution in [0.4, 0.5) is 5.69 Å². The summed E-state index contributed by atoms with van der Waals surface area (Å²) >= 11 is 0. The number of nitro benzene ring substituents is 1. The van der Waals surface area contributed by atoms with Crippen LogP contribution in [0.5, 0.6) is 0 Å². The Kier molecular flexibility index (Phi) is 7.23. The lowest BCUT2D eigenvalue weighted by Gasteiger charge is -2.12. The van der Waals surface area contributed by atoms with Crippen molar-refractivity contribution in [3.05, 3.63) is 39.9 Å². The van der Waals surface area contributed by atoms with Gasteiger partial charge in [0, 0.05) is 24.7 Å². The van der Waals surface area contributed by atoms with Crippen molar-refractivity contribution in [1.29, 1.82) is 0 Å². The number of ether oxygens (including phenoxy) is 1. The summed E-state index contributed by atoms with van der Waals surface area (Å²) in [6, 6.07) is 6.53. The maximum atomic E-state index is 11.9. The van der Waals surface area contributed by atoms with Gasteiger partial charge >= 0.3 is 0 Å². The summed E-state index contributed by atoms with van der Waals surface area (Å²) in [5.41, 5.74) is 6.18. The summed E-state index contributed by atoms with van der Waals surface area (Å²) in [5, 5.41) is 13.6. The predicted molar refractivity (Wildman–Crippen MR) is 84.0 cm³/mol. The van der Waals surface area contributed by atoms with Crippen LogP contribution < -0.4 is 11.1 Å². The van der Waals surface area contributed by atoms with Gasteiger partial charge in [0.05, 0.1) is 11.0 Å². The molecule has 0 aliphatic carbocycles. The number of hydrogen-bond donors (Lipinski definition) is 2. The van der Waals surface area contributed by atoms with Gasteiger partial charge in [0.15, 0.2) is 0 Å². The third-order valence-electron chi connectivity index (χ3n) is 3.54. The molecule has 0 aromatic heterocycles. The first-order valence-corrected chi connectivity index (χ1v) is 6.97. The van der Waals surface area contributed by atoms with E-state index in [0.717, 1.165) is 6.42 Å². The molecule has 1 saturated heterocycles. The van der Waals surface area contributed by atoms with E-state index in [2.05, 4.69) is 5.32 Å². The molecule has 2 atom stereocenters. The zero-order valence-corrected chi connectivity index (χ0v) is 12.9. The third kappa shape index (κ3) is 4.66. The van der Waals surface area contributed by atoms with Crippen LogP contribution in [0, 0.1) is 10.1 Å². The fourth-order valence-corrected chi connectivity index (χ4v) is 2.41. The fraction of sp³-hybridized carbons (Fsp3) is 0.500. The lowest BCUT2D eigenvalue weighted by atomic mass is 10.1. The average molecular weight is 330 g/mol. The number of amides is 1. The van der Waals surface area contributed by atoms with E-state index in [0.29, 0.717) is 31.5 Å². The Balaban J connectivity index is 0.00000242. The molecule has 1 aromatic rings. The minimum Gasteiger partial charge on any atom is -0.364 e. The number of carbonyl (C=O) groups excluding carboxylic acids is 1. The maximum Gasteiger partial charge on any atom is 0.272 e. The van der Waals surface area contributed by atoms with Crippen LogP contribution in [-0.4, -0.2) is 36.1 Å². The summed E-state index contributed by atoms with van der Waals surface area (Å²) in [7, 11) is 0. The molecule has 122 valence electrons. The van der Waals surface area contributed by atoms with Crippen molar-refractivity contribution in [3.8, 4) is 0 Å². The second kappa shape index (κ2) is 8.67. The van der Waals surface area contributed by atoms with E-state index in [1.165, 1.54) is 6.07 Å². The largest absolute Gasteiger partial charge is 0.364 e. The maximum absolute atomic E-state index is 11.9. The molecule has 1 aromatic carbocycles. The zero-order chi connectivity index (χ0) is 15.2. The van der Waals surface area contributed by atoms with E-state index in [1.807, 2.05) is 0 Å². The summed E-state index contributed by atoms with van der Waals surface area (Å²) in [4.78, 5) is 22.4. The van der Waals surface area contributed by atoms with Crippen molar-refractivity contribution in [3.63, 3.8) is 0 Å². The highest BCUT2D eigenvalue weighted by Crippen LogP contribution is 2.19. The SMILES string of the molecule is Cl.NC[C@H]1CC[C@@H](C(=O)NCCc2ccccc2[N+](=O)[O-])O1. The molecule has 0 unspecified atom stereocenters. The van der Waals surface area contributed by atoms with Gasteiger partial charge in [-0.25, -0.2) is 0 Å². The van der Waals surface area contributed by atoms with Gasteiger partial charge in [-0.05, 0) is 19.3 Å². The molecule has 1 heterocycles. The van der Waals surface area contributed by atoms with Crippen molar-refractivity contribution < 1.29 is 14.5 Å². The Morgan fingerprint density at radius 3 is 2.77 bits per heavy atom. The first-order chi connectivity index (χ1) is 10.1. The van der Waals surface area contributed by atoms with Gasteiger partial charge in [-0.2, -0.15) is 0 Å². The molecule has 0 spiro atoms. The fourth-order valence-electron chi connectivity index (χ4n) is 2.41. The number of nitrogens with one attached hydrogen (secondary N) is 1. The van der Waals surface area contributed by atoms with Crippen molar-refractivity contribution in [2.45, 2.75) is 31.5 Å². The summed E-state index contributed by atoms with van der Waals surface area (Å²) in [5.74, 6) is -0.176. The predicted octanol–water partition coefficient (Wildman–Crippen LogP) is 1.18. The van der Waals surface area contributed by atoms with Crippen LogP contribution in [0.15, 0.2) is 24.3 Å². The molecule has 3 N–H and O–H groups in total. The normalized spacial score (nSPS) is 20.2. The molecule has 1 amide bonds. The highest BCUT2D eigenvalue weighted by molar-refractivity contribution is 5.85. The number of nitrogens with two attached hydrogens (primary N) is 1. The average Bonchev–Trinajstić information content (AvgIpc) is 2.96. The highest BCUT2D eigenvalue weighted by Gasteiger charge is 2.29. The topological polar surface area (TPSA) is 107 Å². The molecule has 7 nitrogen and oxygen atoms in total. The number of benzene rings is 1. The number of para-hydroxylation sites is 1. The van der Waals surface area contributed by atoms with E-state index >= 15 is 0 Å². The summed E-state index contributed by atoms with van der Waals surface area (Å²) in [6.07, 6.45) is 1.37. The second-order valence-corrected chi connectivity index (χ2v) is 4.99. The van der Waals surface area contributed by atoms with Crippen molar-refractivity contribution in [1.82, 2.24) is 5.32 Å². The minimum absolute atomic E-state index is 0. The Labute approximate surface area is 134 Å². The quantitative estimate of drug-likeness (QED) is 0.602. The molecule has 1 aliphatic heterocycles. The minimum atomic E-state index is -0.454. The van der Waals surface area contributed by atoms with Crippen LogP contribution in [0.1, 0.15) is 18.4 Å². The number of halogens is 1. The lowest BCUT2D eigenvalue weighted by Crippen LogP contribution is -2.36. The third-order valence-corrected chi connectivity index (χ3v) is 3.54. The molecule has 0 radical (unpaired) electrons. The first kappa shape index (κ1) is 18.3. The van der Waals surface area contributed by atoms with Crippen LogP contribution in [0.25, 0.3) is 0 Å². The molecule has 22 heavy (non-hydrogen) atoms. The van der Waals surface area contributed by atoms with Crippen LogP contribution in [0.2, 0.25) is 0 Å². The Morgan fingerprint density at radius 2 is 2.14 bits per heavy atom. The molecule has 2 rings (SSSR count). The molecule has 0 saturated carbocycles. The van der Waals surface area contributed by atoms with Gasteiger partial charge in [0.1, 0.15) is 6.10 Å².